The average Bonchev–Trinajstić information content (AvgIpc) is 3.26. The zero-order valence-corrected chi connectivity index (χ0v) is 17.2. The lowest BCUT2D eigenvalue weighted by Gasteiger charge is -2.29. The minimum atomic E-state index is -0.107. The third-order valence-corrected chi connectivity index (χ3v) is 5.51. The van der Waals surface area contributed by atoms with Crippen LogP contribution in [0.3, 0.4) is 0 Å². The molecule has 1 N–H and O–H groups in total. The molecule has 7 heteroatoms. The molecule has 0 unspecified atom stereocenters. The Hall–Kier alpha value is -3.32. The Morgan fingerprint density at radius 2 is 2.00 bits per heavy atom. The topological polar surface area (TPSA) is 67.9 Å². The molecule has 1 aliphatic rings. The predicted molar refractivity (Wildman–Crippen MR) is 117 cm³/mol. The number of nitrogens with zero attached hydrogens (tertiary/aromatic N) is 1. The van der Waals surface area contributed by atoms with Crippen molar-refractivity contribution in [2.45, 2.75) is 12.8 Å². The van der Waals surface area contributed by atoms with Crippen LogP contribution in [-0.2, 0) is 16.0 Å². The molecule has 1 aliphatic heterocycles. The van der Waals surface area contributed by atoms with E-state index >= 15 is 0 Å². The van der Waals surface area contributed by atoms with Gasteiger partial charge >= 0.3 is 0 Å². The summed E-state index contributed by atoms with van der Waals surface area (Å²) in [5, 5.41) is 4.85. The molecule has 154 valence electrons. The summed E-state index contributed by atoms with van der Waals surface area (Å²) < 4.78 is 11.3. The van der Waals surface area contributed by atoms with Gasteiger partial charge in [0.05, 0.1) is 18.7 Å². The summed E-state index contributed by atoms with van der Waals surface area (Å²) in [5.41, 5.74) is 1.30. The van der Waals surface area contributed by atoms with Gasteiger partial charge in [0.15, 0.2) is 6.61 Å². The Balaban J connectivity index is 1.39. The highest BCUT2D eigenvalue weighted by Crippen LogP contribution is 2.34. The molecule has 2 aromatic carbocycles. The molecule has 2 amide bonds. The molecule has 4 rings (SSSR count). The van der Waals surface area contributed by atoms with E-state index in [0.717, 1.165) is 10.6 Å². The first-order valence-corrected chi connectivity index (χ1v) is 10.6. The number of carbonyl (C=O) groups excluding carboxylic acids is 2. The number of thiophene rings is 1. The standard InChI is InChI=1S/C23H22N2O4S/c26-22(15-19-8-4-13-30-19)24-17-9-10-21-20(14-17)25(23(27)16-29-21)11-5-12-28-18-6-2-1-3-7-18/h1-4,6-10,13-14H,5,11-12,15-16H2,(H,24,26). The van der Waals surface area contributed by atoms with Crippen LogP contribution in [0, 0.1) is 0 Å². The Kier molecular flexibility index (Phi) is 6.29. The fraction of sp³-hybridized carbons (Fsp3) is 0.217. The average molecular weight is 423 g/mol. The van der Waals surface area contributed by atoms with E-state index in [1.807, 2.05) is 47.8 Å². The molecule has 0 aliphatic carbocycles. The maximum Gasteiger partial charge on any atom is 0.265 e. The monoisotopic (exact) mass is 422 g/mol. The van der Waals surface area contributed by atoms with Crippen molar-refractivity contribution in [1.82, 2.24) is 0 Å². The van der Waals surface area contributed by atoms with Gasteiger partial charge in [-0.2, -0.15) is 0 Å². The van der Waals surface area contributed by atoms with Crippen LogP contribution in [-0.4, -0.2) is 31.6 Å². The van der Waals surface area contributed by atoms with E-state index in [4.69, 9.17) is 9.47 Å². The van der Waals surface area contributed by atoms with Crippen LogP contribution < -0.4 is 19.7 Å². The molecule has 0 radical (unpaired) electrons. The smallest absolute Gasteiger partial charge is 0.265 e. The number of benzene rings is 2. The van der Waals surface area contributed by atoms with Gasteiger partial charge in [-0.15, -0.1) is 11.3 Å². The molecule has 0 saturated carbocycles. The molecule has 2 heterocycles. The number of fused-ring (bicyclic) bond motifs is 1. The molecule has 1 aromatic heterocycles. The first kappa shape index (κ1) is 20.0. The predicted octanol–water partition coefficient (Wildman–Crippen LogP) is 4.12. The minimum absolute atomic E-state index is 0.0105. The molecule has 3 aromatic rings. The number of hydrogen-bond donors (Lipinski definition) is 1. The van der Waals surface area contributed by atoms with E-state index < -0.39 is 0 Å². The molecule has 6 nitrogen and oxygen atoms in total. The second kappa shape index (κ2) is 9.45. The van der Waals surface area contributed by atoms with Gasteiger partial charge in [0.1, 0.15) is 11.5 Å². The third-order valence-electron chi connectivity index (χ3n) is 4.64. The molecular formula is C23H22N2O4S. The van der Waals surface area contributed by atoms with Gasteiger partial charge in [0.25, 0.3) is 5.91 Å². The molecule has 0 saturated heterocycles. The summed E-state index contributed by atoms with van der Waals surface area (Å²) in [6.07, 6.45) is 1.000. The lowest BCUT2D eigenvalue weighted by molar-refractivity contribution is -0.121. The lowest BCUT2D eigenvalue weighted by Crippen LogP contribution is -2.39. The van der Waals surface area contributed by atoms with Crippen molar-refractivity contribution >= 4 is 34.5 Å². The van der Waals surface area contributed by atoms with Crippen molar-refractivity contribution in [3.05, 3.63) is 70.9 Å². The van der Waals surface area contributed by atoms with Crippen molar-refractivity contribution in [2.75, 3.05) is 30.0 Å². The molecule has 30 heavy (non-hydrogen) atoms. The first-order chi connectivity index (χ1) is 14.7. The highest BCUT2D eigenvalue weighted by Gasteiger charge is 2.25. The fourth-order valence-electron chi connectivity index (χ4n) is 3.23. The van der Waals surface area contributed by atoms with E-state index in [0.29, 0.717) is 43.1 Å². The number of amides is 2. The summed E-state index contributed by atoms with van der Waals surface area (Å²) in [4.78, 5) is 27.4. The van der Waals surface area contributed by atoms with Crippen LogP contribution in [0.2, 0.25) is 0 Å². The van der Waals surface area contributed by atoms with Gasteiger partial charge in [0.2, 0.25) is 5.91 Å². The number of anilines is 2. The van der Waals surface area contributed by atoms with Crippen molar-refractivity contribution in [1.29, 1.82) is 0 Å². The molecule has 0 fully saturated rings. The Bertz CT molecular complexity index is 1010. The van der Waals surface area contributed by atoms with E-state index in [2.05, 4.69) is 5.32 Å². The summed E-state index contributed by atoms with van der Waals surface area (Å²) in [6, 6.07) is 18.8. The van der Waals surface area contributed by atoms with Crippen LogP contribution in [0.15, 0.2) is 66.0 Å². The van der Waals surface area contributed by atoms with E-state index in [1.165, 1.54) is 0 Å². The number of nitrogens with one attached hydrogen (secondary N) is 1. The largest absolute Gasteiger partial charge is 0.494 e. The van der Waals surface area contributed by atoms with Gasteiger partial charge in [-0.3, -0.25) is 9.59 Å². The normalized spacial score (nSPS) is 12.8. The zero-order valence-electron chi connectivity index (χ0n) is 16.4. The van der Waals surface area contributed by atoms with Crippen LogP contribution in [0.5, 0.6) is 11.5 Å². The van der Waals surface area contributed by atoms with Crippen molar-refractivity contribution in [2.24, 2.45) is 0 Å². The van der Waals surface area contributed by atoms with Gasteiger partial charge in [0, 0.05) is 17.1 Å². The second-order valence-electron chi connectivity index (χ2n) is 6.84. The van der Waals surface area contributed by atoms with Crippen LogP contribution in [0.4, 0.5) is 11.4 Å². The quantitative estimate of drug-likeness (QED) is 0.555. The Labute approximate surface area is 179 Å². The zero-order chi connectivity index (χ0) is 20.8. The Morgan fingerprint density at radius 3 is 2.80 bits per heavy atom. The van der Waals surface area contributed by atoms with Crippen LogP contribution in [0.25, 0.3) is 0 Å². The lowest BCUT2D eigenvalue weighted by atomic mass is 10.2. The molecule has 0 spiro atoms. The number of para-hydroxylation sites is 1. The van der Waals surface area contributed by atoms with Crippen LogP contribution in [0.1, 0.15) is 11.3 Å². The number of hydrogen-bond acceptors (Lipinski definition) is 5. The Morgan fingerprint density at radius 1 is 1.13 bits per heavy atom. The SMILES string of the molecule is O=C(Cc1cccs1)Nc1ccc2c(c1)N(CCCOc1ccccc1)C(=O)CO2. The van der Waals surface area contributed by atoms with Crippen molar-refractivity contribution in [3.8, 4) is 11.5 Å². The second-order valence-corrected chi connectivity index (χ2v) is 7.87. The highest BCUT2D eigenvalue weighted by atomic mass is 32.1. The van der Waals surface area contributed by atoms with E-state index in [9.17, 15) is 9.59 Å². The third kappa shape index (κ3) is 4.99. The van der Waals surface area contributed by atoms with Gasteiger partial charge < -0.3 is 19.7 Å². The first-order valence-electron chi connectivity index (χ1n) is 9.76. The van der Waals surface area contributed by atoms with Crippen molar-refractivity contribution < 1.29 is 19.1 Å². The highest BCUT2D eigenvalue weighted by molar-refractivity contribution is 7.10. The van der Waals surface area contributed by atoms with E-state index in [1.54, 1.807) is 34.4 Å². The summed E-state index contributed by atoms with van der Waals surface area (Å²) in [5.74, 6) is 1.24. The summed E-state index contributed by atoms with van der Waals surface area (Å²) >= 11 is 1.55. The van der Waals surface area contributed by atoms with E-state index in [-0.39, 0.29) is 18.4 Å². The molecule has 0 atom stereocenters. The fourth-order valence-corrected chi connectivity index (χ4v) is 3.93. The molecule has 0 bridgehead atoms. The number of carbonyl (C=O) groups is 2. The molecular weight excluding hydrogens is 400 g/mol. The minimum Gasteiger partial charge on any atom is -0.494 e. The van der Waals surface area contributed by atoms with Crippen molar-refractivity contribution in [3.63, 3.8) is 0 Å². The van der Waals surface area contributed by atoms with Gasteiger partial charge in [-0.1, -0.05) is 24.3 Å². The number of ether oxygens (including phenoxy) is 2. The van der Waals surface area contributed by atoms with Crippen LogP contribution >= 0.6 is 11.3 Å². The maximum atomic E-state index is 12.4. The van der Waals surface area contributed by atoms with Gasteiger partial charge in [-0.05, 0) is 48.2 Å². The summed E-state index contributed by atoms with van der Waals surface area (Å²) in [7, 11) is 0. The number of rotatable bonds is 8. The maximum absolute atomic E-state index is 12.4. The van der Waals surface area contributed by atoms with Gasteiger partial charge in [-0.25, -0.2) is 0 Å². The summed E-state index contributed by atoms with van der Waals surface area (Å²) in [6.45, 7) is 1.02.